The van der Waals surface area contributed by atoms with E-state index in [9.17, 15) is 18.0 Å². The van der Waals surface area contributed by atoms with E-state index < -0.39 is 22.0 Å². The van der Waals surface area contributed by atoms with Crippen molar-refractivity contribution >= 4 is 27.5 Å². The van der Waals surface area contributed by atoms with Crippen molar-refractivity contribution in [2.45, 2.75) is 53.6 Å². The van der Waals surface area contributed by atoms with Crippen molar-refractivity contribution in [1.82, 2.24) is 10.2 Å². The number of nitrogens with zero attached hydrogens (tertiary/aromatic N) is 2. The van der Waals surface area contributed by atoms with Crippen molar-refractivity contribution in [3.63, 3.8) is 0 Å². The van der Waals surface area contributed by atoms with Gasteiger partial charge in [0.15, 0.2) is 0 Å². The van der Waals surface area contributed by atoms with E-state index in [0.29, 0.717) is 18.7 Å². The summed E-state index contributed by atoms with van der Waals surface area (Å²) in [7, 11) is -3.74. The van der Waals surface area contributed by atoms with Crippen molar-refractivity contribution in [3.05, 3.63) is 64.7 Å². The zero-order valence-corrected chi connectivity index (χ0v) is 21.2. The molecule has 2 aromatic rings. The first-order valence-electron chi connectivity index (χ1n) is 11.2. The number of nitrogens with one attached hydrogen (secondary N) is 1. The molecule has 1 N–H and O–H groups in total. The van der Waals surface area contributed by atoms with E-state index in [2.05, 4.69) is 5.32 Å². The highest BCUT2D eigenvalue weighted by Gasteiger charge is 2.32. The molecule has 1 atom stereocenters. The molecule has 2 rings (SSSR count). The van der Waals surface area contributed by atoms with Crippen LogP contribution in [0.2, 0.25) is 0 Å². The van der Waals surface area contributed by atoms with Crippen LogP contribution in [0.3, 0.4) is 0 Å². The number of carbonyl (C=O) groups is 2. The second-order valence-corrected chi connectivity index (χ2v) is 10.2. The molecule has 0 aliphatic carbocycles. The normalized spacial score (nSPS) is 12.2. The SMILES string of the molecule is CCNC(=O)[C@@H](CC)N(Cc1ccccc1C)C(=O)CN(c1cccc(C)c1C)S(C)(=O)=O. The summed E-state index contributed by atoms with van der Waals surface area (Å²) in [4.78, 5) is 27.9. The Kier molecular flexibility index (Phi) is 9.05. The number of benzene rings is 2. The van der Waals surface area contributed by atoms with Crippen molar-refractivity contribution in [1.29, 1.82) is 0 Å². The monoisotopic (exact) mass is 473 g/mol. The summed E-state index contributed by atoms with van der Waals surface area (Å²) in [6, 6.07) is 12.3. The van der Waals surface area contributed by atoms with E-state index in [-0.39, 0.29) is 19.0 Å². The fraction of sp³-hybridized carbons (Fsp3) is 0.440. The summed E-state index contributed by atoms with van der Waals surface area (Å²) in [6.07, 6.45) is 1.50. The minimum atomic E-state index is -3.74. The van der Waals surface area contributed by atoms with Crippen LogP contribution >= 0.6 is 0 Å². The van der Waals surface area contributed by atoms with Gasteiger partial charge in [0, 0.05) is 13.1 Å². The first kappa shape index (κ1) is 26.4. The Morgan fingerprint density at radius 1 is 0.970 bits per heavy atom. The second kappa shape index (κ2) is 11.3. The minimum Gasteiger partial charge on any atom is -0.355 e. The number of hydrogen-bond acceptors (Lipinski definition) is 4. The standard InChI is InChI=1S/C25H35N3O4S/c1-7-22(25(30)26-8-2)27(16-21-14-10-9-12-19(21)4)24(29)17-28(33(6,31)32)23-15-11-13-18(3)20(23)5/h9-15,22H,7-8,16-17H2,1-6H3,(H,26,30)/t22-/m1/s1. The molecule has 0 saturated carbocycles. The topological polar surface area (TPSA) is 86.8 Å². The summed E-state index contributed by atoms with van der Waals surface area (Å²) in [5.41, 5.74) is 4.09. The zero-order valence-electron chi connectivity index (χ0n) is 20.4. The van der Waals surface area contributed by atoms with Gasteiger partial charge in [-0.3, -0.25) is 13.9 Å². The zero-order chi connectivity index (χ0) is 24.8. The molecule has 0 aromatic heterocycles. The number of hydrogen-bond donors (Lipinski definition) is 1. The molecule has 0 fully saturated rings. The summed E-state index contributed by atoms with van der Waals surface area (Å²) >= 11 is 0. The van der Waals surface area contributed by atoms with E-state index in [1.54, 1.807) is 12.1 Å². The fourth-order valence-corrected chi connectivity index (χ4v) is 4.68. The molecule has 2 amide bonds. The Labute approximate surface area is 197 Å². The highest BCUT2D eigenvalue weighted by molar-refractivity contribution is 7.92. The van der Waals surface area contributed by atoms with Gasteiger partial charge in [-0.15, -0.1) is 0 Å². The van der Waals surface area contributed by atoms with Crippen molar-refractivity contribution in [2.75, 3.05) is 23.7 Å². The van der Waals surface area contributed by atoms with Gasteiger partial charge in [0.05, 0.1) is 11.9 Å². The predicted octanol–water partition coefficient (Wildman–Crippen LogP) is 3.32. The molecule has 8 heteroatoms. The molecule has 7 nitrogen and oxygen atoms in total. The van der Waals surface area contributed by atoms with Gasteiger partial charge in [0.1, 0.15) is 12.6 Å². The molecule has 0 bridgehead atoms. The highest BCUT2D eigenvalue weighted by Crippen LogP contribution is 2.25. The molecule has 0 aliphatic heterocycles. The van der Waals surface area contributed by atoms with Crippen molar-refractivity contribution < 1.29 is 18.0 Å². The van der Waals surface area contributed by atoms with Crippen LogP contribution < -0.4 is 9.62 Å². The summed E-state index contributed by atoms with van der Waals surface area (Å²) in [5.74, 6) is -0.678. The summed E-state index contributed by atoms with van der Waals surface area (Å²) in [5, 5.41) is 2.80. The summed E-state index contributed by atoms with van der Waals surface area (Å²) in [6.45, 7) is 9.62. The number of sulfonamides is 1. The van der Waals surface area contributed by atoms with Crippen LogP contribution in [0.1, 0.15) is 42.5 Å². The Hall–Kier alpha value is -2.87. The Morgan fingerprint density at radius 2 is 1.61 bits per heavy atom. The number of amides is 2. The van der Waals surface area contributed by atoms with Crippen LogP contribution in [0.25, 0.3) is 0 Å². The second-order valence-electron chi connectivity index (χ2n) is 8.26. The Bertz CT molecular complexity index is 1100. The number of rotatable bonds is 10. The Morgan fingerprint density at radius 3 is 2.18 bits per heavy atom. The molecule has 2 aromatic carbocycles. The molecule has 0 heterocycles. The Balaban J connectivity index is 2.49. The van der Waals surface area contributed by atoms with Gasteiger partial charge in [0.2, 0.25) is 21.8 Å². The smallest absolute Gasteiger partial charge is 0.244 e. The van der Waals surface area contributed by atoms with Crippen LogP contribution in [-0.2, 0) is 26.2 Å². The van der Waals surface area contributed by atoms with Gasteiger partial charge in [-0.2, -0.15) is 0 Å². The van der Waals surface area contributed by atoms with E-state index in [1.807, 2.05) is 65.0 Å². The molecular formula is C25H35N3O4S. The molecule has 0 radical (unpaired) electrons. The van der Waals surface area contributed by atoms with Crippen LogP contribution in [0.15, 0.2) is 42.5 Å². The third-order valence-corrected chi connectivity index (χ3v) is 6.99. The van der Waals surface area contributed by atoms with Crippen LogP contribution in [0.5, 0.6) is 0 Å². The average molecular weight is 474 g/mol. The van der Waals surface area contributed by atoms with Gasteiger partial charge in [-0.25, -0.2) is 8.42 Å². The number of anilines is 1. The van der Waals surface area contributed by atoms with Gasteiger partial charge in [-0.1, -0.05) is 43.3 Å². The maximum Gasteiger partial charge on any atom is 0.244 e. The maximum atomic E-state index is 13.6. The summed E-state index contributed by atoms with van der Waals surface area (Å²) < 4.78 is 26.6. The van der Waals surface area contributed by atoms with E-state index in [0.717, 1.165) is 32.8 Å². The molecule has 33 heavy (non-hydrogen) atoms. The highest BCUT2D eigenvalue weighted by atomic mass is 32.2. The fourth-order valence-electron chi connectivity index (χ4n) is 3.78. The molecule has 180 valence electrons. The van der Waals surface area contributed by atoms with Crippen LogP contribution in [0.4, 0.5) is 5.69 Å². The lowest BCUT2D eigenvalue weighted by Gasteiger charge is -2.33. The van der Waals surface area contributed by atoms with E-state index in [1.165, 1.54) is 4.90 Å². The third-order valence-electron chi connectivity index (χ3n) is 5.86. The first-order chi connectivity index (χ1) is 15.5. The van der Waals surface area contributed by atoms with Crippen molar-refractivity contribution in [2.24, 2.45) is 0 Å². The van der Waals surface area contributed by atoms with Gasteiger partial charge in [-0.05, 0) is 62.4 Å². The lowest BCUT2D eigenvalue weighted by molar-refractivity contribution is -0.140. The van der Waals surface area contributed by atoms with Gasteiger partial charge >= 0.3 is 0 Å². The van der Waals surface area contributed by atoms with Crippen molar-refractivity contribution in [3.8, 4) is 0 Å². The van der Waals surface area contributed by atoms with Crippen LogP contribution in [0, 0.1) is 20.8 Å². The molecule has 0 unspecified atom stereocenters. The number of aryl methyl sites for hydroxylation is 2. The maximum absolute atomic E-state index is 13.6. The first-order valence-corrected chi connectivity index (χ1v) is 13.0. The quantitative estimate of drug-likeness (QED) is 0.574. The molecule has 0 spiro atoms. The third kappa shape index (κ3) is 6.57. The minimum absolute atomic E-state index is 0.214. The van der Waals surface area contributed by atoms with E-state index >= 15 is 0 Å². The average Bonchev–Trinajstić information content (AvgIpc) is 2.74. The largest absolute Gasteiger partial charge is 0.355 e. The molecular weight excluding hydrogens is 438 g/mol. The van der Waals surface area contributed by atoms with E-state index in [4.69, 9.17) is 0 Å². The lowest BCUT2D eigenvalue weighted by atomic mass is 10.1. The molecule has 0 aliphatic rings. The number of carbonyl (C=O) groups excluding carboxylic acids is 2. The van der Waals surface area contributed by atoms with Gasteiger partial charge in [0.25, 0.3) is 0 Å². The van der Waals surface area contributed by atoms with Gasteiger partial charge < -0.3 is 10.2 Å². The lowest BCUT2D eigenvalue weighted by Crippen LogP contribution is -2.52. The molecule has 0 saturated heterocycles. The number of likely N-dealkylation sites (N-methyl/N-ethyl adjacent to an activating group) is 1. The van der Waals surface area contributed by atoms with Crippen LogP contribution in [-0.4, -0.2) is 50.5 Å². The predicted molar refractivity (Wildman–Crippen MR) is 133 cm³/mol.